The molecule has 2 rings (SSSR count). The minimum atomic E-state index is 0.681. The molecule has 0 aromatic heterocycles. The zero-order valence-electron chi connectivity index (χ0n) is 10.3. The summed E-state index contributed by atoms with van der Waals surface area (Å²) in [6.45, 7) is 8.62. The predicted octanol–water partition coefficient (Wildman–Crippen LogP) is 2.25. The van der Waals surface area contributed by atoms with Gasteiger partial charge in [-0.15, -0.1) is 0 Å². The van der Waals surface area contributed by atoms with Crippen molar-refractivity contribution in [2.75, 3.05) is 19.6 Å². The molecule has 2 fully saturated rings. The third-order valence-electron chi connectivity index (χ3n) is 3.90. The zero-order chi connectivity index (χ0) is 10.7. The second-order valence-electron chi connectivity index (χ2n) is 5.70. The molecule has 1 aliphatic heterocycles. The molecule has 0 amide bonds. The SMILES string of the molecule is CC1CCCN(CC(C)NC2CCC2)C1. The van der Waals surface area contributed by atoms with Gasteiger partial charge in [-0.1, -0.05) is 13.3 Å². The van der Waals surface area contributed by atoms with Crippen LogP contribution in [0, 0.1) is 5.92 Å². The van der Waals surface area contributed by atoms with Gasteiger partial charge in [-0.3, -0.25) is 0 Å². The first-order valence-electron chi connectivity index (χ1n) is 6.72. The Bertz CT molecular complexity index is 189. The van der Waals surface area contributed by atoms with Gasteiger partial charge in [-0.2, -0.15) is 0 Å². The van der Waals surface area contributed by atoms with Gasteiger partial charge in [-0.05, 0) is 45.1 Å². The second-order valence-corrected chi connectivity index (χ2v) is 5.70. The molecular weight excluding hydrogens is 184 g/mol. The van der Waals surface area contributed by atoms with Crippen LogP contribution in [0.15, 0.2) is 0 Å². The first-order valence-corrected chi connectivity index (χ1v) is 6.72. The molecule has 1 N–H and O–H groups in total. The number of hydrogen-bond acceptors (Lipinski definition) is 2. The Morgan fingerprint density at radius 3 is 2.67 bits per heavy atom. The van der Waals surface area contributed by atoms with Crippen LogP contribution in [0.5, 0.6) is 0 Å². The van der Waals surface area contributed by atoms with Crippen molar-refractivity contribution in [2.24, 2.45) is 5.92 Å². The highest BCUT2D eigenvalue weighted by Gasteiger charge is 2.22. The topological polar surface area (TPSA) is 15.3 Å². The monoisotopic (exact) mass is 210 g/mol. The van der Waals surface area contributed by atoms with Crippen molar-refractivity contribution >= 4 is 0 Å². The third-order valence-corrected chi connectivity index (χ3v) is 3.90. The molecule has 2 unspecified atom stereocenters. The molecular formula is C13H26N2. The first kappa shape index (κ1) is 11.4. The Hall–Kier alpha value is -0.0800. The van der Waals surface area contributed by atoms with E-state index in [1.54, 1.807) is 0 Å². The average molecular weight is 210 g/mol. The standard InChI is InChI=1S/C13H26N2/c1-11-5-4-8-15(9-11)10-12(2)14-13-6-3-7-13/h11-14H,3-10H2,1-2H3. The van der Waals surface area contributed by atoms with Crippen LogP contribution >= 0.6 is 0 Å². The van der Waals surface area contributed by atoms with Crippen molar-refractivity contribution in [3.63, 3.8) is 0 Å². The van der Waals surface area contributed by atoms with Crippen LogP contribution in [0.2, 0.25) is 0 Å². The minimum Gasteiger partial charge on any atom is -0.310 e. The summed E-state index contributed by atoms with van der Waals surface area (Å²) in [5.41, 5.74) is 0. The molecule has 2 atom stereocenters. The van der Waals surface area contributed by atoms with Crippen molar-refractivity contribution in [3.8, 4) is 0 Å². The predicted molar refractivity (Wildman–Crippen MR) is 65.1 cm³/mol. The van der Waals surface area contributed by atoms with Gasteiger partial charge in [-0.25, -0.2) is 0 Å². The normalized spacial score (nSPS) is 31.2. The lowest BCUT2D eigenvalue weighted by Gasteiger charge is -2.35. The molecule has 88 valence electrons. The number of piperidine rings is 1. The molecule has 1 aliphatic carbocycles. The van der Waals surface area contributed by atoms with Crippen molar-refractivity contribution in [1.82, 2.24) is 10.2 Å². The zero-order valence-corrected chi connectivity index (χ0v) is 10.3. The lowest BCUT2D eigenvalue weighted by molar-refractivity contribution is 0.161. The average Bonchev–Trinajstić information content (AvgIpc) is 2.11. The van der Waals surface area contributed by atoms with Crippen LogP contribution in [0.25, 0.3) is 0 Å². The van der Waals surface area contributed by atoms with E-state index in [4.69, 9.17) is 0 Å². The lowest BCUT2D eigenvalue weighted by Crippen LogP contribution is -2.48. The van der Waals surface area contributed by atoms with Crippen LogP contribution < -0.4 is 5.32 Å². The number of rotatable bonds is 4. The van der Waals surface area contributed by atoms with E-state index in [1.807, 2.05) is 0 Å². The van der Waals surface area contributed by atoms with Crippen molar-refractivity contribution < 1.29 is 0 Å². The summed E-state index contributed by atoms with van der Waals surface area (Å²) in [7, 11) is 0. The highest BCUT2D eigenvalue weighted by Crippen LogP contribution is 2.19. The van der Waals surface area contributed by atoms with Crippen LogP contribution in [-0.2, 0) is 0 Å². The lowest BCUT2D eigenvalue weighted by atomic mass is 9.92. The third kappa shape index (κ3) is 3.46. The Balaban J connectivity index is 1.65. The van der Waals surface area contributed by atoms with E-state index < -0.39 is 0 Å². The molecule has 1 saturated carbocycles. The molecule has 1 heterocycles. The second kappa shape index (κ2) is 5.31. The van der Waals surface area contributed by atoms with Gasteiger partial charge in [0.05, 0.1) is 0 Å². The fourth-order valence-corrected chi connectivity index (χ4v) is 2.87. The van der Waals surface area contributed by atoms with Gasteiger partial charge < -0.3 is 10.2 Å². The quantitative estimate of drug-likeness (QED) is 0.765. The first-order chi connectivity index (χ1) is 7.24. The largest absolute Gasteiger partial charge is 0.310 e. The maximum Gasteiger partial charge on any atom is 0.0169 e. The molecule has 0 aromatic carbocycles. The molecule has 0 bridgehead atoms. The van der Waals surface area contributed by atoms with Gasteiger partial charge in [0.15, 0.2) is 0 Å². The van der Waals surface area contributed by atoms with E-state index in [0.717, 1.165) is 12.0 Å². The smallest absolute Gasteiger partial charge is 0.0169 e. The summed E-state index contributed by atoms with van der Waals surface area (Å²) in [5.74, 6) is 0.912. The molecule has 0 radical (unpaired) electrons. The summed E-state index contributed by atoms with van der Waals surface area (Å²) in [6, 6.07) is 1.52. The Morgan fingerprint density at radius 1 is 1.27 bits per heavy atom. The van der Waals surface area contributed by atoms with Gasteiger partial charge in [0.25, 0.3) is 0 Å². The van der Waals surface area contributed by atoms with Crippen molar-refractivity contribution in [2.45, 2.75) is 58.0 Å². The number of likely N-dealkylation sites (tertiary alicyclic amines) is 1. The summed E-state index contributed by atoms with van der Waals surface area (Å²) in [6.07, 6.45) is 7.07. The van der Waals surface area contributed by atoms with Gasteiger partial charge in [0.2, 0.25) is 0 Å². The van der Waals surface area contributed by atoms with E-state index in [0.29, 0.717) is 6.04 Å². The Morgan fingerprint density at radius 2 is 2.07 bits per heavy atom. The van der Waals surface area contributed by atoms with E-state index in [2.05, 4.69) is 24.1 Å². The Kier molecular flexibility index (Phi) is 4.04. The van der Waals surface area contributed by atoms with Crippen LogP contribution in [0.3, 0.4) is 0 Å². The van der Waals surface area contributed by atoms with E-state index in [-0.39, 0.29) is 0 Å². The summed E-state index contributed by atoms with van der Waals surface area (Å²) in [5, 5.41) is 3.74. The molecule has 2 nitrogen and oxygen atoms in total. The molecule has 0 spiro atoms. The number of hydrogen-bond donors (Lipinski definition) is 1. The number of nitrogens with zero attached hydrogens (tertiary/aromatic N) is 1. The maximum absolute atomic E-state index is 3.74. The van der Waals surface area contributed by atoms with Gasteiger partial charge in [0, 0.05) is 25.2 Å². The van der Waals surface area contributed by atoms with Crippen molar-refractivity contribution in [1.29, 1.82) is 0 Å². The summed E-state index contributed by atoms with van der Waals surface area (Å²) < 4.78 is 0. The number of nitrogens with one attached hydrogen (secondary N) is 1. The fourth-order valence-electron chi connectivity index (χ4n) is 2.87. The molecule has 2 heteroatoms. The van der Waals surface area contributed by atoms with Crippen LogP contribution in [0.1, 0.15) is 46.0 Å². The Labute approximate surface area is 94.4 Å². The fraction of sp³-hybridized carbons (Fsp3) is 1.00. The van der Waals surface area contributed by atoms with E-state index >= 15 is 0 Å². The molecule has 2 aliphatic rings. The molecule has 1 saturated heterocycles. The molecule has 15 heavy (non-hydrogen) atoms. The summed E-state index contributed by atoms with van der Waals surface area (Å²) in [4.78, 5) is 2.64. The van der Waals surface area contributed by atoms with Crippen LogP contribution in [-0.4, -0.2) is 36.6 Å². The maximum atomic E-state index is 3.74. The van der Waals surface area contributed by atoms with Gasteiger partial charge >= 0.3 is 0 Å². The highest BCUT2D eigenvalue weighted by molar-refractivity contribution is 4.81. The van der Waals surface area contributed by atoms with Gasteiger partial charge in [0.1, 0.15) is 0 Å². The minimum absolute atomic E-state index is 0.681. The van der Waals surface area contributed by atoms with Crippen LogP contribution in [0.4, 0.5) is 0 Å². The molecule has 0 aromatic rings. The van der Waals surface area contributed by atoms with E-state index in [1.165, 1.54) is 51.7 Å². The van der Waals surface area contributed by atoms with Crippen molar-refractivity contribution in [3.05, 3.63) is 0 Å². The summed E-state index contributed by atoms with van der Waals surface area (Å²) >= 11 is 0. The highest BCUT2D eigenvalue weighted by atomic mass is 15.2. The van der Waals surface area contributed by atoms with E-state index in [9.17, 15) is 0 Å².